The van der Waals surface area contributed by atoms with Crippen molar-refractivity contribution in [3.8, 4) is 22.1 Å². The number of hydrogen-bond acceptors (Lipinski definition) is 5. The van der Waals surface area contributed by atoms with Crippen LogP contribution in [0.4, 0.5) is 4.39 Å². The second kappa shape index (κ2) is 7.37. The number of halogens is 2. The number of carbonyl (C=O) groups is 1. The summed E-state index contributed by atoms with van der Waals surface area (Å²) in [7, 11) is 0. The van der Waals surface area contributed by atoms with Gasteiger partial charge in [0.05, 0.1) is 27.9 Å². The fourth-order valence-corrected chi connectivity index (χ4v) is 3.51. The highest BCUT2D eigenvalue weighted by molar-refractivity contribution is 7.19. The molecule has 3 aromatic rings. The molecule has 0 aliphatic carbocycles. The lowest BCUT2D eigenvalue weighted by Crippen LogP contribution is -2.08. The average molecular weight is 380 g/mol. The summed E-state index contributed by atoms with van der Waals surface area (Å²) in [5.41, 5.74) is 2.01. The van der Waals surface area contributed by atoms with Crippen LogP contribution in [0.1, 0.15) is 18.2 Å². The van der Waals surface area contributed by atoms with Gasteiger partial charge in [0.1, 0.15) is 5.82 Å². The van der Waals surface area contributed by atoms with Gasteiger partial charge in [0, 0.05) is 5.56 Å². The Morgan fingerprint density at radius 3 is 2.68 bits per heavy atom. The first kappa shape index (κ1) is 17.6. The monoisotopic (exact) mass is 379 g/mol. The summed E-state index contributed by atoms with van der Waals surface area (Å²) in [5, 5.41) is 0. The standard InChI is InChI=1S/C18H15ClFNO3S/c1-3-23-15(22)9-13-16(14-8-10(2)17(19)25-14)24-18(21-13)11-4-6-12(20)7-5-11/h4-8H,3,9H2,1-2H3. The van der Waals surface area contributed by atoms with Crippen LogP contribution in [0.25, 0.3) is 22.1 Å². The van der Waals surface area contributed by atoms with E-state index in [-0.39, 0.29) is 18.2 Å². The van der Waals surface area contributed by atoms with Gasteiger partial charge in [0.25, 0.3) is 0 Å². The lowest BCUT2D eigenvalue weighted by molar-refractivity contribution is -0.142. The van der Waals surface area contributed by atoms with Crippen LogP contribution in [-0.2, 0) is 16.0 Å². The van der Waals surface area contributed by atoms with Gasteiger partial charge in [-0.2, -0.15) is 0 Å². The van der Waals surface area contributed by atoms with Crippen molar-refractivity contribution in [1.29, 1.82) is 0 Å². The van der Waals surface area contributed by atoms with Gasteiger partial charge in [-0.15, -0.1) is 11.3 Å². The van der Waals surface area contributed by atoms with Crippen molar-refractivity contribution in [3.63, 3.8) is 0 Å². The highest BCUT2D eigenvalue weighted by Gasteiger charge is 2.21. The zero-order chi connectivity index (χ0) is 18.0. The molecule has 2 heterocycles. The Hall–Kier alpha value is -2.18. The first-order valence-corrected chi connectivity index (χ1v) is 8.85. The molecule has 0 bridgehead atoms. The van der Waals surface area contributed by atoms with Gasteiger partial charge in [-0.3, -0.25) is 4.79 Å². The summed E-state index contributed by atoms with van der Waals surface area (Å²) in [6, 6.07) is 7.70. The van der Waals surface area contributed by atoms with Crippen LogP contribution in [0, 0.1) is 12.7 Å². The quantitative estimate of drug-likeness (QED) is 0.566. The smallest absolute Gasteiger partial charge is 0.312 e. The molecule has 1 aromatic carbocycles. The molecule has 0 radical (unpaired) electrons. The molecule has 0 fully saturated rings. The fourth-order valence-electron chi connectivity index (χ4n) is 2.30. The molecule has 0 saturated carbocycles. The molecule has 0 unspecified atom stereocenters. The predicted octanol–water partition coefficient (Wildman–Crippen LogP) is 5.28. The van der Waals surface area contributed by atoms with Gasteiger partial charge in [0.2, 0.25) is 5.89 Å². The van der Waals surface area contributed by atoms with E-state index in [0.717, 1.165) is 10.4 Å². The molecule has 130 valence electrons. The molecule has 7 heteroatoms. The van der Waals surface area contributed by atoms with Crippen LogP contribution < -0.4 is 0 Å². The molecule has 0 aliphatic heterocycles. The number of oxazole rings is 1. The van der Waals surface area contributed by atoms with E-state index in [9.17, 15) is 9.18 Å². The molecule has 4 nitrogen and oxygen atoms in total. The van der Waals surface area contributed by atoms with E-state index in [1.807, 2.05) is 13.0 Å². The number of nitrogens with zero attached hydrogens (tertiary/aromatic N) is 1. The van der Waals surface area contributed by atoms with E-state index < -0.39 is 0 Å². The number of benzene rings is 1. The summed E-state index contributed by atoms with van der Waals surface area (Å²) in [6.45, 7) is 3.93. The minimum absolute atomic E-state index is 0.0115. The topological polar surface area (TPSA) is 52.3 Å². The van der Waals surface area contributed by atoms with Crippen molar-refractivity contribution in [2.75, 3.05) is 6.61 Å². The molecule has 0 N–H and O–H groups in total. The fraction of sp³-hybridized carbons (Fsp3) is 0.222. The van der Waals surface area contributed by atoms with Crippen molar-refractivity contribution in [3.05, 3.63) is 51.7 Å². The molecular formula is C18H15ClFNO3S. The Balaban J connectivity index is 2.04. The Labute approximate surface area is 153 Å². The van der Waals surface area contributed by atoms with E-state index in [1.54, 1.807) is 19.1 Å². The van der Waals surface area contributed by atoms with Gasteiger partial charge in [-0.1, -0.05) is 11.6 Å². The van der Waals surface area contributed by atoms with Crippen LogP contribution in [0.5, 0.6) is 0 Å². The Bertz CT molecular complexity index is 882. The molecule has 0 spiro atoms. The highest BCUT2D eigenvalue weighted by atomic mass is 35.5. The maximum atomic E-state index is 13.1. The Morgan fingerprint density at radius 2 is 2.08 bits per heavy atom. The molecule has 0 saturated heterocycles. The van der Waals surface area contributed by atoms with Gasteiger partial charge in [-0.05, 0) is 49.7 Å². The Morgan fingerprint density at radius 1 is 1.36 bits per heavy atom. The van der Waals surface area contributed by atoms with Gasteiger partial charge in [-0.25, -0.2) is 9.37 Å². The average Bonchev–Trinajstić information content (AvgIpc) is 3.12. The van der Waals surface area contributed by atoms with Crippen molar-refractivity contribution >= 4 is 28.9 Å². The maximum absolute atomic E-state index is 13.1. The van der Waals surface area contributed by atoms with Crippen molar-refractivity contribution in [2.45, 2.75) is 20.3 Å². The van der Waals surface area contributed by atoms with E-state index in [4.69, 9.17) is 20.8 Å². The van der Waals surface area contributed by atoms with Crippen LogP contribution in [0.3, 0.4) is 0 Å². The van der Waals surface area contributed by atoms with Crippen molar-refractivity contribution in [1.82, 2.24) is 4.98 Å². The number of thiophene rings is 1. The van der Waals surface area contributed by atoms with Gasteiger partial charge in [0.15, 0.2) is 5.76 Å². The normalized spacial score (nSPS) is 10.9. The second-order valence-electron chi connectivity index (χ2n) is 5.35. The van der Waals surface area contributed by atoms with Crippen molar-refractivity contribution in [2.24, 2.45) is 0 Å². The number of rotatable bonds is 5. The number of hydrogen-bond donors (Lipinski definition) is 0. The molecule has 0 aliphatic rings. The number of aromatic nitrogens is 1. The maximum Gasteiger partial charge on any atom is 0.312 e. The van der Waals surface area contributed by atoms with Crippen LogP contribution in [0.2, 0.25) is 4.34 Å². The molecule has 3 rings (SSSR count). The van der Waals surface area contributed by atoms with Gasteiger partial charge >= 0.3 is 5.97 Å². The summed E-state index contributed by atoms with van der Waals surface area (Å²) >= 11 is 7.50. The minimum Gasteiger partial charge on any atom is -0.466 e. The zero-order valence-corrected chi connectivity index (χ0v) is 15.2. The van der Waals surface area contributed by atoms with E-state index >= 15 is 0 Å². The van der Waals surface area contributed by atoms with E-state index in [0.29, 0.717) is 33.9 Å². The lowest BCUT2D eigenvalue weighted by Gasteiger charge is -2.00. The summed E-state index contributed by atoms with van der Waals surface area (Å²) < 4.78 is 24.7. The molecule has 25 heavy (non-hydrogen) atoms. The van der Waals surface area contributed by atoms with Crippen molar-refractivity contribution < 1.29 is 18.3 Å². The SMILES string of the molecule is CCOC(=O)Cc1nc(-c2ccc(F)cc2)oc1-c1cc(C)c(Cl)s1. The second-order valence-corrected chi connectivity index (χ2v) is 7.01. The van der Waals surface area contributed by atoms with Gasteiger partial charge < -0.3 is 9.15 Å². The Kier molecular flexibility index (Phi) is 5.20. The molecule has 2 aromatic heterocycles. The summed E-state index contributed by atoms with van der Waals surface area (Å²) in [5.74, 6) is 0.0638. The predicted molar refractivity (Wildman–Crippen MR) is 95.3 cm³/mol. The molecule has 0 atom stereocenters. The first-order valence-electron chi connectivity index (χ1n) is 7.65. The van der Waals surface area contributed by atoms with E-state index in [2.05, 4.69) is 4.98 Å². The van der Waals surface area contributed by atoms with E-state index in [1.165, 1.54) is 23.5 Å². The van der Waals surface area contributed by atoms with Crippen LogP contribution >= 0.6 is 22.9 Å². The highest BCUT2D eigenvalue weighted by Crippen LogP contribution is 2.38. The molecular weight excluding hydrogens is 365 g/mol. The molecule has 0 amide bonds. The third kappa shape index (κ3) is 3.91. The number of ether oxygens (including phenoxy) is 1. The zero-order valence-electron chi connectivity index (χ0n) is 13.6. The largest absolute Gasteiger partial charge is 0.466 e. The minimum atomic E-state index is -0.387. The van der Waals surface area contributed by atoms with Crippen LogP contribution in [0.15, 0.2) is 34.7 Å². The van der Waals surface area contributed by atoms with Crippen LogP contribution in [-0.4, -0.2) is 17.6 Å². The third-order valence-electron chi connectivity index (χ3n) is 3.49. The summed E-state index contributed by atoms with van der Waals surface area (Å²) in [6.07, 6.45) is -0.0115. The first-order chi connectivity index (χ1) is 12.0. The number of aryl methyl sites for hydroxylation is 1. The summed E-state index contributed by atoms with van der Waals surface area (Å²) in [4.78, 5) is 17.1. The third-order valence-corrected chi connectivity index (χ3v) is 5.04. The number of carbonyl (C=O) groups excluding carboxylic acids is 1. The lowest BCUT2D eigenvalue weighted by atomic mass is 10.2. The number of esters is 1.